The number of Topliss-reactive ketones (excluding diaryl/α,β-unsaturated/α-hetero) is 4. The van der Waals surface area contributed by atoms with Crippen molar-refractivity contribution in [2.75, 3.05) is 27.9 Å². The molecule has 1 saturated heterocycles. The number of ether oxygens (including phenoxy) is 3. The largest absolute Gasteiger partial charge is 0.492 e. The predicted octanol–water partition coefficient (Wildman–Crippen LogP) is 3.19. The number of esters is 1. The van der Waals surface area contributed by atoms with Gasteiger partial charge in [-0.15, -0.1) is 0 Å². The number of carbonyl (C=O) groups excluding carboxylic acids is 6. The Kier molecular flexibility index (Phi) is 7.82. The Bertz CT molecular complexity index is 2070. The van der Waals surface area contributed by atoms with Crippen LogP contribution in [-0.4, -0.2) is 96.9 Å². The number of piperazine rings is 1. The molecule has 0 aromatic heterocycles. The zero-order valence-corrected chi connectivity index (χ0v) is 27.7. The molecule has 7 rings (SSSR count). The van der Waals surface area contributed by atoms with Gasteiger partial charge < -0.3 is 19.1 Å². The Balaban J connectivity index is 1.28. The molecule has 2 aromatic carbocycles. The molecule has 250 valence electrons. The van der Waals surface area contributed by atoms with Crippen LogP contribution in [0.25, 0.3) is 16.8 Å². The highest BCUT2D eigenvalue weighted by Gasteiger charge is 2.59. The monoisotopic (exact) mass is 662 g/mol. The summed E-state index contributed by atoms with van der Waals surface area (Å²) < 4.78 is 16.5. The predicted molar refractivity (Wildman–Crippen MR) is 176 cm³/mol. The van der Waals surface area contributed by atoms with Crippen molar-refractivity contribution in [3.8, 4) is 0 Å². The highest BCUT2D eigenvalue weighted by molar-refractivity contribution is 6.27. The molecule has 11 nitrogen and oxygen atoms in total. The fraction of sp³-hybridized carbons (Fsp3) is 0.316. The van der Waals surface area contributed by atoms with Crippen molar-refractivity contribution < 1.29 is 43.0 Å². The molecular formula is C38H34N2O9. The second-order valence-electron chi connectivity index (χ2n) is 12.8. The van der Waals surface area contributed by atoms with Crippen molar-refractivity contribution in [1.82, 2.24) is 9.80 Å². The molecule has 5 aliphatic rings. The van der Waals surface area contributed by atoms with E-state index in [4.69, 9.17) is 14.2 Å². The van der Waals surface area contributed by atoms with Gasteiger partial charge in [-0.25, -0.2) is 4.79 Å². The summed E-state index contributed by atoms with van der Waals surface area (Å²) >= 11 is 0. The van der Waals surface area contributed by atoms with Crippen LogP contribution in [0, 0.1) is 0 Å². The SMILES string of the molecule is COC1=C(C)C(=O)C2=C(C1=O)[C@@H]1[C@@H]3CC4=C(C(=O)C(OC)=C(C)C4=O)[C@H](COC(=O)/C=C/c4cccc5ccccc45)N3C(=O)[C@H](C2)N1C. The number of amides is 1. The van der Waals surface area contributed by atoms with Gasteiger partial charge in [0.1, 0.15) is 6.61 Å². The molecule has 0 unspecified atom stereocenters. The van der Waals surface area contributed by atoms with Gasteiger partial charge >= 0.3 is 5.97 Å². The third-order valence-electron chi connectivity index (χ3n) is 10.4. The number of benzene rings is 2. The van der Waals surface area contributed by atoms with Gasteiger partial charge in [0.25, 0.3) is 0 Å². The van der Waals surface area contributed by atoms with E-state index in [9.17, 15) is 28.8 Å². The topological polar surface area (TPSA) is 137 Å². The number of rotatable bonds is 6. The van der Waals surface area contributed by atoms with E-state index in [1.165, 1.54) is 39.0 Å². The minimum absolute atomic E-state index is 0.0231. The van der Waals surface area contributed by atoms with E-state index in [1.54, 1.807) is 18.0 Å². The second-order valence-corrected chi connectivity index (χ2v) is 12.8. The van der Waals surface area contributed by atoms with Crippen LogP contribution in [0.5, 0.6) is 0 Å². The molecule has 4 atom stereocenters. The molecule has 2 aromatic rings. The Morgan fingerprint density at radius 3 is 2.10 bits per heavy atom. The van der Waals surface area contributed by atoms with Crippen LogP contribution in [0.3, 0.4) is 0 Å². The summed E-state index contributed by atoms with van der Waals surface area (Å²) in [6.45, 7) is 2.59. The maximum Gasteiger partial charge on any atom is 0.330 e. The van der Waals surface area contributed by atoms with Crippen molar-refractivity contribution in [2.24, 2.45) is 0 Å². The van der Waals surface area contributed by atoms with Crippen LogP contribution in [0.1, 0.15) is 32.3 Å². The van der Waals surface area contributed by atoms with Gasteiger partial charge in [0.15, 0.2) is 23.1 Å². The van der Waals surface area contributed by atoms with Crippen LogP contribution in [0.15, 0.2) is 93.5 Å². The average Bonchev–Trinajstić information content (AvgIpc) is 3.09. The third kappa shape index (κ3) is 4.74. The van der Waals surface area contributed by atoms with E-state index in [0.717, 1.165) is 16.3 Å². The molecular weight excluding hydrogens is 628 g/mol. The average molecular weight is 663 g/mol. The lowest BCUT2D eigenvalue weighted by molar-refractivity contribution is -0.158. The van der Waals surface area contributed by atoms with Crippen LogP contribution in [0.4, 0.5) is 0 Å². The highest BCUT2D eigenvalue weighted by Crippen LogP contribution is 2.47. The number of hydrogen-bond acceptors (Lipinski definition) is 10. The van der Waals surface area contributed by atoms with Gasteiger partial charge in [0.2, 0.25) is 17.5 Å². The number of allylic oxidation sites excluding steroid dienone is 4. The Morgan fingerprint density at radius 1 is 0.816 bits per heavy atom. The third-order valence-corrected chi connectivity index (χ3v) is 10.4. The van der Waals surface area contributed by atoms with Gasteiger partial charge in [0, 0.05) is 45.9 Å². The normalized spacial score (nSPS) is 25.7. The molecule has 2 aliphatic carbocycles. The first-order chi connectivity index (χ1) is 23.5. The summed E-state index contributed by atoms with van der Waals surface area (Å²) in [5, 5.41) is 1.95. The molecule has 11 heteroatoms. The van der Waals surface area contributed by atoms with Crippen LogP contribution < -0.4 is 0 Å². The minimum Gasteiger partial charge on any atom is -0.492 e. The Morgan fingerprint density at radius 2 is 1.43 bits per heavy atom. The summed E-state index contributed by atoms with van der Waals surface area (Å²) in [5.74, 6) is -3.13. The van der Waals surface area contributed by atoms with Gasteiger partial charge in [-0.2, -0.15) is 0 Å². The van der Waals surface area contributed by atoms with Crippen molar-refractivity contribution in [1.29, 1.82) is 0 Å². The van der Waals surface area contributed by atoms with Gasteiger partial charge in [-0.05, 0) is 49.7 Å². The fourth-order valence-corrected chi connectivity index (χ4v) is 8.14. The van der Waals surface area contributed by atoms with Crippen LogP contribution in [0.2, 0.25) is 0 Å². The first-order valence-corrected chi connectivity index (χ1v) is 16.0. The minimum atomic E-state index is -1.15. The van der Waals surface area contributed by atoms with Crippen molar-refractivity contribution in [3.05, 3.63) is 99.1 Å². The number of methoxy groups -OCH3 is 2. The number of ketones is 4. The van der Waals surface area contributed by atoms with E-state index in [-0.39, 0.29) is 63.6 Å². The smallest absolute Gasteiger partial charge is 0.330 e. The zero-order chi connectivity index (χ0) is 34.9. The van der Waals surface area contributed by atoms with E-state index < -0.39 is 60.0 Å². The molecule has 49 heavy (non-hydrogen) atoms. The molecule has 3 aliphatic heterocycles. The molecule has 3 heterocycles. The molecule has 2 bridgehead atoms. The molecule has 1 amide bonds. The Hall–Kier alpha value is -5.42. The maximum atomic E-state index is 14.4. The molecule has 0 N–H and O–H groups in total. The lowest BCUT2D eigenvalue weighted by Crippen LogP contribution is -2.73. The number of carbonyl (C=O) groups is 6. The standard InChI is InChI=1S/C38H34N2O9/c1-18-32(42)23-15-25-31-30-24(33(43)19(2)37(48-5)35(30)45)16-26(39(31)3)38(46)40(25)27(29(23)34(44)36(18)47-4)17-49-28(41)14-13-21-11-8-10-20-9-6-7-12-22(20)21/h6-14,25-27,31H,15-17H2,1-5H3/b14-13+/t25-,26-,27-,31-/m0/s1. The van der Waals surface area contributed by atoms with E-state index in [0.29, 0.717) is 0 Å². The van der Waals surface area contributed by atoms with E-state index in [2.05, 4.69) is 0 Å². The van der Waals surface area contributed by atoms with Gasteiger partial charge in [-0.1, -0.05) is 42.5 Å². The Labute approximate surface area is 282 Å². The molecule has 0 spiro atoms. The summed E-state index contributed by atoms with van der Waals surface area (Å²) in [4.78, 5) is 86.0. The summed E-state index contributed by atoms with van der Waals surface area (Å²) in [5.41, 5.74) is 1.76. The van der Waals surface area contributed by atoms with Crippen molar-refractivity contribution in [2.45, 2.75) is 50.9 Å². The quantitative estimate of drug-likeness (QED) is 0.258. The fourth-order valence-electron chi connectivity index (χ4n) is 8.14. The second kappa shape index (κ2) is 11.9. The first kappa shape index (κ1) is 32.1. The molecule has 1 fully saturated rings. The maximum absolute atomic E-state index is 14.4. The van der Waals surface area contributed by atoms with E-state index >= 15 is 0 Å². The number of nitrogens with zero attached hydrogens (tertiary/aromatic N) is 2. The molecule has 0 radical (unpaired) electrons. The lowest BCUT2D eigenvalue weighted by atomic mass is 9.69. The summed E-state index contributed by atoms with van der Waals surface area (Å²) in [6, 6.07) is 9.83. The van der Waals surface area contributed by atoms with Crippen molar-refractivity contribution >= 4 is 51.9 Å². The van der Waals surface area contributed by atoms with Crippen LogP contribution in [-0.2, 0) is 43.0 Å². The number of hydrogen-bond donors (Lipinski definition) is 0. The van der Waals surface area contributed by atoms with Crippen molar-refractivity contribution in [3.63, 3.8) is 0 Å². The lowest BCUT2D eigenvalue weighted by Gasteiger charge is -2.57. The number of fused-ring (bicyclic) bond motifs is 6. The summed E-state index contributed by atoms with van der Waals surface area (Å²) in [7, 11) is 4.33. The van der Waals surface area contributed by atoms with Gasteiger partial charge in [0.05, 0.1) is 38.4 Å². The van der Waals surface area contributed by atoms with E-state index in [1.807, 2.05) is 42.5 Å². The highest BCUT2D eigenvalue weighted by atomic mass is 16.5. The number of likely N-dealkylation sites (N-methyl/N-ethyl adjacent to an activating group) is 1. The summed E-state index contributed by atoms with van der Waals surface area (Å²) in [6.07, 6.45) is 2.83. The molecule has 0 saturated carbocycles. The van der Waals surface area contributed by atoms with Crippen LogP contribution >= 0.6 is 0 Å². The first-order valence-electron chi connectivity index (χ1n) is 16.0. The van der Waals surface area contributed by atoms with Gasteiger partial charge in [-0.3, -0.25) is 28.9 Å². The zero-order valence-electron chi connectivity index (χ0n) is 27.7.